The van der Waals surface area contributed by atoms with E-state index in [0.717, 1.165) is 4.47 Å². The lowest BCUT2D eigenvalue weighted by molar-refractivity contribution is 0.0451. The smallest absolute Gasteiger partial charge is 0.270 e. The molecule has 0 saturated carbocycles. The van der Waals surface area contributed by atoms with Crippen molar-refractivity contribution in [2.45, 2.75) is 6.29 Å². The van der Waals surface area contributed by atoms with Gasteiger partial charge in [0.05, 0.1) is 21.7 Å². The molecular weight excluding hydrogens is 313 g/mol. The SMILES string of the molecule is N#Cc1ccc(C2Oc3cccc(Br)c3O2)c(F)c1. The second-order valence-electron chi connectivity index (χ2n) is 3.98. The molecule has 1 atom stereocenters. The van der Waals surface area contributed by atoms with Gasteiger partial charge in [0.1, 0.15) is 5.82 Å². The minimum Gasteiger partial charge on any atom is -0.447 e. The van der Waals surface area contributed by atoms with E-state index in [-0.39, 0.29) is 11.1 Å². The first-order valence-electron chi connectivity index (χ1n) is 5.50. The minimum absolute atomic E-state index is 0.262. The van der Waals surface area contributed by atoms with Crippen molar-refractivity contribution in [2.24, 2.45) is 0 Å². The Morgan fingerprint density at radius 2 is 2.05 bits per heavy atom. The van der Waals surface area contributed by atoms with Crippen molar-refractivity contribution >= 4 is 15.9 Å². The molecule has 0 fully saturated rings. The average Bonchev–Trinajstić information content (AvgIpc) is 2.83. The predicted molar refractivity (Wildman–Crippen MR) is 69.3 cm³/mol. The third kappa shape index (κ3) is 2.04. The number of rotatable bonds is 1. The van der Waals surface area contributed by atoms with E-state index in [1.807, 2.05) is 18.2 Å². The van der Waals surface area contributed by atoms with Gasteiger partial charge in [-0.3, -0.25) is 0 Å². The molecule has 19 heavy (non-hydrogen) atoms. The van der Waals surface area contributed by atoms with Gasteiger partial charge in [0.15, 0.2) is 11.5 Å². The zero-order valence-electron chi connectivity index (χ0n) is 9.56. The number of nitrogens with zero attached hydrogens (tertiary/aromatic N) is 1. The number of nitriles is 1. The maximum atomic E-state index is 13.9. The molecule has 0 bridgehead atoms. The monoisotopic (exact) mass is 319 g/mol. The van der Waals surface area contributed by atoms with Gasteiger partial charge in [-0.1, -0.05) is 6.07 Å². The molecule has 1 heterocycles. The molecule has 1 unspecified atom stereocenters. The Labute approximate surface area is 117 Å². The van der Waals surface area contributed by atoms with Gasteiger partial charge in [-0.05, 0) is 46.3 Å². The van der Waals surface area contributed by atoms with Crippen molar-refractivity contribution in [3.63, 3.8) is 0 Å². The first kappa shape index (κ1) is 12.0. The number of para-hydroxylation sites is 1. The number of halogens is 2. The third-order valence-corrected chi connectivity index (χ3v) is 3.40. The van der Waals surface area contributed by atoms with Gasteiger partial charge < -0.3 is 9.47 Å². The zero-order valence-corrected chi connectivity index (χ0v) is 11.1. The Bertz CT molecular complexity index is 696. The van der Waals surface area contributed by atoms with Crippen molar-refractivity contribution in [3.05, 3.63) is 57.8 Å². The largest absolute Gasteiger partial charge is 0.447 e. The van der Waals surface area contributed by atoms with Gasteiger partial charge in [-0.2, -0.15) is 5.26 Å². The van der Waals surface area contributed by atoms with Gasteiger partial charge in [-0.15, -0.1) is 0 Å². The normalized spacial score (nSPS) is 16.2. The second kappa shape index (κ2) is 4.56. The van der Waals surface area contributed by atoms with Gasteiger partial charge in [-0.25, -0.2) is 4.39 Å². The van der Waals surface area contributed by atoms with Crippen molar-refractivity contribution in [2.75, 3.05) is 0 Å². The zero-order chi connectivity index (χ0) is 13.4. The molecule has 0 aliphatic carbocycles. The van der Waals surface area contributed by atoms with Gasteiger partial charge in [0, 0.05) is 0 Å². The summed E-state index contributed by atoms with van der Waals surface area (Å²) in [5.41, 5.74) is 0.528. The van der Waals surface area contributed by atoms with E-state index in [9.17, 15) is 4.39 Å². The molecule has 3 rings (SSSR count). The van der Waals surface area contributed by atoms with E-state index in [2.05, 4.69) is 15.9 Å². The molecule has 0 N–H and O–H groups in total. The van der Waals surface area contributed by atoms with E-state index < -0.39 is 12.1 Å². The van der Waals surface area contributed by atoms with Crippen LogP contribution in [0.5, 0.6) is 11.5 Å². The van der Waals surface area contributed by atoms with Crippen LogP contribution in [0.1, 0.15) is 17.4 Å². The maximum absolute atomic E-state index is 13.9. The highest BCUT2D eigenvalue weighted by atomic mass is 79.9. The number of fused-ring (bicyclic) bond motifs is 1. The van der Waals surface area contributed by atoms with E-state index >= 15 is 0 Å². The van der Waals surface area contributed by atoms with Gasteiger partial charge >= 0.3 is 0 Å². The highest BCUT2D eigenvalue weighted by Gasteiger charge is 2.29. The van der Waals surface area contributed by atoms with E-state index in [1.54, 1.807) is 6.07 Å². The van der Waals surface area contributed by atoms with Crippen LogP contribution < -0.4 is 9.47 Å². The Morgan fingerprint density at radius 1 is 1.21 bits per heavy atom. The number of hydrogen-bond acceptors (Lipinski definition) is 3. The van der Waals surface area contributed by atoms with Crippen molar-refractivity contribution in [1.82, 2.24) is 0 Å². The molecule has 2 aromatic carbocycles. The molecule has 3 nitrogen and oxygen atoms in total. The first-order valence-corrected chi connectivity index (χ1v) is 6.29. The van der Waals surface area contributed by atoms with Crippen LogP contribution in [0.2, 0.25) is 0 Å². The Hall–Kier alpha value is -2.06. The van der Waals surface area contributed by atoms with Crippen LogP contribution in [-0.4, -0.2) is 0 Å². The Morgan fingerprint density at radius 3 is 2.74 bits per heavy atom. The quantitative estimate of drug-likeness (QED) is 0.799. The van der Waals surface area contributed by atoms with Crippen LogP contribution in [0, 0.1) is 17.1 Å². The van der Waals surface area contributed by atoms with Crippen LogP contribution in [0.25, 0.3) is 0 Å². The molecule has 5 heteroatoms. The molecule has 94 valence electrons. The average molecular weight is 320 g/mol. The van der Waals surface area contributed by atoms with E-state index in [1.165, 1.54) is 18.2 Å². The summed E-state index contributed by atoms with van der Waals surface area (Å²) in [4.78, 5) is 0. The van der Waals surface area contributed by atoms with Crippen LogP contribution in [0.3, 0.4) is 0 Å². The van der Waals surface area contributed by atoms with Crippen LogP contribution in [0.15, 0.2) is 40.9 Å². The van der Waals surface area contributed by atoms with E-state index in [0.29, 0.717) is 11.5 Å². The van der Waals surface area contributed by atoms with Gasteiger partial charge in [0.25, 0.3) is 6.29 Å². The third-order valence-electron chi connectivity index (χ3n) is 2.77. The van der Waals surface area contributed by atoms with Crippen molar-refractivity contribution in [3.8, 4) is 17.6 Å². The van der Waals surface area contributed by atoms with Crippen LogP contribution >= 0.6 is 15.9 Å². The maximum Gasteiger partial charge on any atom is 0.270 e. The van der Waals surface area contributed by atoms with Crippen LogP contribution in [-0.2, 0) is 0 Å². The summed E-state index contributed by atoms with van der Waals surface area (Å²) in [6.45, 7) is 0. The summed E-state index contributed by atoms with van der Waals surface area (Å²) in [5.74, 6) is 0.590. The molecule has 0 radical (unpaired) electrons. The number of benzene rings is 2. The fourth-order valence-electron chi connectivity index (χ4n) is 1.86. The van der Waals surface area contributed by atoms with E-state index in [4.69, 9.17) is 14.7 Å². The topological polar surface area (TPSA) is 42.2 Å². The highest BCUT2D eigenvalue weighted by Crippen LogP contribution is 2.45. The summed E-state index contributed by atoms with van der Waals surface area (Å²) >= 11 is 3.35. The molecule has 0 spiro atoms. The summed E-state index contributed by atoms with van der Waals surface area (Å²) in [6.07, 6.45) is -0.832. The molecule has 0 amide bonds. The van der Waals surface area contributed by atoms with Crippen LogP contribution in [0.4, 0.5) is 4.39 Å². The summed E-state index contributed by atoms with van der Waals surface area (Å²) < 4.78 is 25.8. The predicted octanol–water partition coefficient (Wildman–Crippen LogP) is 3.93. The number of hydrogen-bond donors (Lipinski definition) is 0. The summed E-state index contributed by atoms with van der Waals surface area (Å²) in [7, 11) is 0. The lowest BCUT2D eigenvalue weighted by atomic mass is 10.1. The highest BCUT2D eigenvalue weighted by molar-refractivity contribution is 9.10. The molecule has 0 saturated heterocycles. The van der Waals surface area contributed by atoms with Gasteiger partial charge in [0.2, 0.25) is 0 Å². The molecule has 1 aliphatic heterocycles. The molecule has 0 aromatic heterocycles. The fourth-order valence-corrected chi connectivity index (χ4v) is 2.30. The molecule has 2 aromatic rings. The Kier molecular flexibility index (Phi) is 2.88. The second-order valence-corrected chi connectivity index (χ2v) is 4.84. The van der Waals surface area contributed by atoms with Crippen molar-refractivity contribution < 1.29 is 13.9 Å². The lowest BCUT2D eigenvalue weighted by Crippen LogP contribution is -2.10. The van der Waals surface area contributed by atoms with Crippen molar-refractivity contribution in [1.29, 1.82) is 5.26 Å². The summed E-state index contributed by atoms with van der Waals surface area (Å²) in [5, 5.41) is 8.71. The minimum atomic E-state index is -0.832. The standard InChI is InChI=1S/C14H7BrFNO2/c15-10-2-1-3-12-13(10)19-14(18-12)9-5-4-8(7-17)6-11(9)16/h1-6,14H. The number of ether oxygens (including phenoxy) is 2. The molecule has 1 aliphatic rings. The Balaban J connectivity index is 1.95. The molecular formula is C14H7BrFNO2. The fraction of sp³-hybridized carbons (Fsp3) is 0.0714. The summed E-state index contributed by atoms with van der Waals surface area (Å²) in [6, 6.07) is 11.5. The first-order chi connectivity index (χ1) is 9.19. The lowest BCUT2D eigenvalue weighted by Gasteiger charge is -2.11.